The Hall–Kier alpha value is -1.43. The van der Waals surface area contributed by atoms with Gasteiger partial charge in [0.1, 0.15) is 4.88 Å². The Kier molecular flexibility index (Phi) is 4.24. The minimum Gasteiger partial charge on any atom is -0.477 e. The maximum atomic E-state index is 11.5. The molecule has 2 atom stereocenters. The Morgan fingerprint density at radius 2 is 2.33 bits per heavy atom. The van der Waals surface area contributed by atoms with Crippen LogP contribution in [0.25, 0.3) is 10.1 Å². The van der Waals surface area contributed by atoms with Crippen molar-refractivity contribution >= 4 is 27.4 Å². The summed E-state index contributed by atoms with van der Waals surface area (Å²) in [5, 5.41) is 13.9. The molecule has 1 aromatic carbocycles. The van der Waals surface area contributed by atoms with E-state index >= 15 is 0 Å². The number of thiophene rings is 1. The van der Waals surface area contributed by atoms with Crippen LogP contribution in [0.15, 0.2) is 24.3 Å². The molecule has 0 aliphatic carbocycles. The summed E-state index contributed by atoms with van der Waals surface area (Å²) in [6, 6.07) is 8.20. The van der Waals surface area contributed by atoms with Gasteiger partial charge in [0.05, 0.1) is 6.61 Å². The summed E-state index contributed by atoms with van der Waals surface area (Å²) in [5.41, 5.74) is 0.897. The van der Waals surface area contributed by atoms with Gasteiger partial charge in [0, 0.05) is 23.9 Å². The van der Waals surface area contributed by atoms with Crippen LogP contribution in [-0.4, -0.2) is 30.3 Å². The lowest BCUT2D eigenvalue weighted by Gasteiger charge is -2.19. The summed E-state index contributed by atoms with van der Waals surface area (Å²) in [6.45, 7) is 4.36. The number of carbonyl (C=O) groups is 1. The van der Waals surface area contributed by atoms with Crippen molar-refractivity contribution in [2.45, 2.75) is 25.9 Å². The zero-order valence-electron chi connectivity index (χ0n) is 12.0. The first-order valence-electron chi connectivity index (χ1n) is 7.21. The number of hydrogen-bond acceptors (Lipinski definition) is 4. The SMILES string of the molecule is CC(NCc1c(C(=O)O)sc2ccccc12)C1CCOC1. The molecule has 0 spiro atoms. The van der Waals surface area contributed by atoms with Crippen molar-refractivity contribution in [3.8, 4) is 0 Å². The van der Waals surface area contributed by atoms with Crippen LogP contribution in [0.2, 0.25) is 0 Å². The zero-order valence-corrected chi connectivity index (χ0v) is 12.8. The fourth-order valence-electron chi connectivity index (χ4n) is 2.82. The van der Waals surface area contributed by atoms with E-state index in [0.29, 0.717) is 23.4 Å². The van der Waals surface area contributed by atoms with Gasteiger partial charge in [-0.15, -0.1) is 11.3 Å². The van der Waals surface area contributed by atoms with Gasteiger partial charge in [-0.05, 0) is 36.3 Å². The molecular formula is C16H19NO3S. The van der Waals surface area contributed by atoms with Gasteiger partial charge < -0.3 is 15.2 Å². The molecule has 2 N–H and O–H groups in total. The highest BCUT2D eigenvalue weighted by atomic mass is 32.1. The van der Waals surface area contributed by atoms with Gasteiger partial charge >= 0.3 is 5.97 Å². The molecule has 2 aromatic rings. The molecule has 21 heavy (non-hydrogen) atoms. The van der Waals surface area contributed by atoms with Crippen molar-refractivity contribution in [2.75, 3.05) is 13.2 Å². The Labute approximate surface area is 127 Å². The number of fused-ring (bicyclic) bond motifs is 1. The monoisotopic (exact) mass is 305 g/mol. The number of nitrogens with one attached hydrogen (secondary N) is 1. The third-order valence-electron chi connectivity index (χ3n) is 4.17. The molecule has 0 amide bonds. The second-order valence-corrected chi connectivity index (χ2v) is 6.56. The number of aromatic carboxylic acids is 1. The van der Waals surface area contributed by atoms with E-state index in [0.717, 1.165) is 35.3 Å². The molecule has 1 aromatic heterocycles. The fourth-order valence-corrected chi connectivity index (χ4v) is 3.88. The van der Waals surface area contributed by atoms with E-state index in [1.807, 2.05) is 24.3 Å². The Morgan fingerprint density at radius 1 is 1.52 bits per heavy atom. The van der Waals surface area contributed by atoms with Gasteiger partial charge in [0.15, 0.2) is 0 Å². The standard InChI is InChI=1S/C16H19NO3S/c1-10(11-6-7-20-9-11)17-8-13-12-4-2-3-5-14(12)21-15(13)16(18)19/h2-5,10-11,17H,6-9H2,1H3,(H,18,19). The Bertz CT molecular complexity index is 646. The predicted octanol–water partition coefficient (Wildman–Crippen LogP) is 3.11. The predicted molar refractivity (Wildman–Crippen MR) is 84.0 cm³/mol. The maximum absolute atomic E-state index is 11.5. The van der Waals surface area contributed by atoms with Gasteiger partial charge in [-0.25, -0.2) is 4.79 Å². The number of rotatable bonds is 5. The highest BCUT2D eigenvalue weighted by Crippen LogP contribution is 2.31. The van der Waals surface area contributed by atoms with Crippen LogP contribution in [0.5, 0.6) is 0 Å². The summed E-state index contributed by atoms with van der Waals surface area (Å²) in [6.07, 6.45) is 1.07. The topological polar surface area (TPSA) is 58.6 Å². The van der Waals surface area contributed by atoms with Gasteiger partial charge in [0.25, 0.3) is 0 Å². The lowest BCUT2D eigenvalue weighted by atomic mass is 10.0. The molecule has 4 nitrogen and oxygen atoms in total. The highest BCUT2D eigenvalue weighted by Gasteiger charge is 2.23. The lowest BCUT2D eigenvalue weighted by Crippen LogP contribution is -2.33. The Balaban J connectivity index is 1.81. The van der Waals surface area contributed by atoms with Crippen molar-refractivity contribution in [3.63, 3.8) is 0 Å². The number of carboxylic acid groups (broad SMARTS) is 1. The van der Waals surface area contributed by atoms with Crippen LogP contribution >= 0.6 is 11.3 Å². The molecule has 112 valence electrons. The summed E-state index contributed by atoms with van der Waals surface area (Å²) in [4.78, 5) is 11.9. The van der Waals surface area contributed by atoms with E-state index in [4.69, 9.17) is 4.74 Å². The summed E-state index contributed by atoms with van der Waals surface area (Å²) < 4.78 is 6.45. The van der Waals surface area contributed by atoms with Crippen LogP contribution < -0.4 is 5.32 Å². The smallest absolute Gasteiger partial charge is 0.346 e. The number of hydrogen-bond donors (Lipinski definition) is 2. The van der Waals surface area contributed by atoms with E-state index in [9.17, 15) is 9.90 Å². The Morgan fingerprint density at radius 3 is 3.05 bits per heavy atom. The van der Waals surface area contributed by atoms with Crippen molar-refractivity contribution in [1.82, 2.24) is 5.32 Å². The first-order chi connectivity index (χ1) is 10.2. The summed E-state index contributed by atoms with van der Waals surface area (Å²) >= 11 is 1.35. The van der Waals surface area contributed by atoms with Crippen LogP contribution in [0.1, 0.15) is 28.6 Å². The largest absolute Gasteiger partial charge is 0.477 e. The van der Waals surface area contributed by atoms with Crippen LogP contribution in [0.3, 0.4) is 0 Å². The zero-order chi connectivity index (χ0) is 14.8. The third kappa shape index (κ3) is 2.95. The maximum Gasteiger partial charge on any atom is 0.346 e. The lowest BCUT2D eigenvalue weighted by molar-refractivity contribution is 0.0701. The summed E-state index contributed by atoms with van der Waals surface area (Å²) in [7, 11) is 0. The van der Waals surface area contributed by atoms with Gasteiger partial charge in [-0.2, -0.15) is 0 Å². The van der Waals surface area contributed by atoms with E-state index in [1.165, 1.54) is 11.3 Å². The van der Waals surface area contributed by atoms with Crippen LogP contribution in [0, 0.1) is 5.92 Å². The second-order valence-electron chi connectivity index (χ2n) is 5.50. The van der Waals surface area contributed by atoms with Gasteiger partial charge in [0.2, 0.25) is 0 Å². The fraction of sp³-hybridized carbons (Fsp3) is 0.438. The van der Waals surface area contributed by atoms with Crippen molar-refractivity contribution in [1.29, 1.82) is 0 Å². The van der Waals surface area contributed by atoms with Gasteiger partial charge in [-0.3, -0.25) is 0 Å². The van der Waals surface area contributed by atoms with E-state index in [2.05, 4.69) is 12.2 Å². The van der Waals surface area contributed by atoms with Crippen molar-refractivity contribution in [3.05, 3.63) is 34.7 Å². The normalized spacial score (nSPS) is 20.0. The van der Waals surface area contributed by atoms with E-state index < -0.39 is 5.97 Å². The molecule has 2 unspecified atom stereocenters. The molecule has 1 aliphatic rings. The van der Waals surface area contributed by atoms with Gasteiger partial charge in [-0.1, -0.05) is 18.2 Å². The highest BCUT2D eigenvalue weighted by molar-refractivity contribution is 7.21. The molecule has 1 fully saturated rings. The number of carboxylic acids is 1. The molecular weight excluding hydrogens is 286 g/mol. The van der Waals surface area contributed by atoms with Crippen LogP contribution in [0.4, 0.5) is 0 Å². The average molecular weight is 305 g/mol. The molecule has 0 bridgehead atoms. The van der Waals surface area contributed by atoms with E-state index in [1.54, 1.807) is 0 Å². The minimum absolute atomic E-state index is 0.327. The first-order valence-corrected chi connectivity index (χ1v) is 8.03. The van der Waals surface area contributed by atoms with Crippen molar-refractivity contribution in [2.24, 2.45) is 5.92 Å². The molecule has 5 heteroatoms. The van der Waals surface area contributed by atoms with Crippen molar-refractivity contribution < 1.29 is 14.6 Å². The minimum atomic E-state index is -0.843. The molecule has 1 aliphatic heterocycles. The number of benzene rings is 1. The second kappa shape index (κ2) is 6.13. The molecule has 2 heterocycles. The van der Waals surface area contributed by atoms with Crippen LogP contribution in [-0.2, 0) is 11.3 Å². The molecule has 3 rings (SSSR count). The third-order valence-corrected chi connectivity index (χ3v) is 5.37. The quantitative estimate of drug-likeness (QED) is 0.891. The molecule has 0 saturated carbocycles. The first kappa shape index (κ1) is 14.5. The molecule has 0 radical (unpaired) electrons. The summed E-state index contributed by atoms with van der Waals surface area (Å²) in [5.74, 6) is -0.326. The molecule has 1 saturated heterocycles. The van der Waals surface area contributed by atoms with E-state index in [-0.39, 0.29) is 0 Å². The number of ether oxygens (including phenoxy) is 1. The average Bonchev–Trinajstić information content (AvgIpc) is 3.12.